The number of morpholine rings is 1. The fourth-order valence-corrected chi connectivity index (χ4v) is 6.37. The number of likely N-dealkylation sites (tertiary alicyclic amines) is 1. The minimum absolute atomic E-state index is 0.0433. The molecule has 3 aromatic heterocycles. The zero-order valence-corrected chi connectivity index (χ0v) is 22.9. The summed E-state index contributed by atoms with van der Waals surface area (Å²) in [6, 6.07) is 12.4. The lowest BCUT2D eigenvalue weighted by atomic mass is 9.89. The number of benzene rings is 1. The molecule has 2 aliphatic rings. The average Bonchev–Trinajstić information content (AvgIpc) is 3.75. The van der Waals surface area contributed by atoms with Crippen LogP contribution >= 0.6 is 11.3 Å². The van der Waals surface area contributed by atoms with Crippen LogP contribution in [0.2, 0.25) is 0 Å². The zero-order chi connectivity index (χ0) is 26.5. The van der Waals surface area contributed by atoms with Gasteiger partial charge in [0.1, 0.15) is 11.6 Å². The van der Waals surface area contributed by atoms with Gasteiger partial charge in [-0.3, -0.25) is 14.6 Å². The van der Waals surface area contributed by atoms with E-state index in [1.54, 1.807) is 29.7 Å². The molecule has 0 unspecified atom stereocenters. The smallest absolute Gasteiger partial charge is 0.254 e. The first-order valence-corrected chi connectivity index (χ1v) is 14.5. The number of hydrogen-bond acceptors (Lipinski definition) is 7. The molecule has 1 amide bonds. The quantitative estimate of drug-likeness (QED) is 0.331. The van der Waals surface area contributed by atoms with Gasteiger partial charge < -0.3 is 19.6 Å². The van der Waals surface area contributed by atoms with Crippen LogP contribution in [0.1, 0.15) is 45.3 Å². The molecule has 2 aliphatic heterocycles. The molecule has 0 radical (unpaired) electrons. The molecule has 2 fully saturated rings. The minimum Gasteiger partial charge on any atom is -0.372 e. The van der Waals surface area contributed by atoms with Crippen LogP contribution in [0.4, 0.5) is 0 Å². The van der Waals surface area contributed by atoms with E-state index >= 15 is 0 Å². The van der Waals surface area contributed by atoms with E-state index in [0.717, 1.165) is 70.4 Å². The number of aromatic nitrogens is 4. The molecule has 5 heterocycles. The molecule has 1 spiro atoms. The van der Waals surface area contributed by atoms with Crippen LogP contribution in [0, 0.1) is 0 Å². The van der Waals surface area contributed by atoms with Crippen LogP contribution in [-0.2, 0) is 30.9 Å². The van der Waals surface area contributed by atoms with E-state index in [9.17, 15) is 4.79 Å². The van der Waals surface area contributed by atoms with Gasteiger partial charge in [-0.15, -0.1) is 11.3 Å². The van der Waals surface area contributed by atoms with Gasteiger partial charge >= 0.3 is 0 Å². The first-order chi connectivity index (χ1) is 19.1. The van der Waals surface area contributed by atoms with Gasteiger partial charge in [-0.2, -0.15) is 0 Å². The Morgan fingerprint density at radius 1 is 0.949 bits per heavy atom. The van der Waals surface area contributed by atoms with Crippen LogP contribution in [-0.4, -0.2) is 78.9 Å². The number of nitrogens with one attached hydrogen (secondary N) is 2. The molecular formula is C29H35N7O2S. The Balaban J connectivity index is 1.05. The van der Waals surface area contributed by atoms with Crippen molar-refractivity contribution in [2.45, 2.75) is 44.6 Å². The molecule has 204 valence electrons. The molecule has 2 saturated heterocycles. The van der Waals surface area contributed by atoms with Gasteiger partial charge in [0.15, 0.2) is 0 Å². The first-order valence-electron chi connectivity index (χ1n) is 13.6. The van der Waals surface area contributed by atoms with Gasteiger partial charge in [-0.1, -0.05) is 18.2 Å². The summed E-state index contributed by atoms with van der Waals surface area (Å²) < 4.78 is 6.39. The van der Waals surface area contributed by atoms with Crippen molar-refractivity contribution >= 4 is 17.2 Å². The van der Waals surface area contributed by atoms with Crippen molar-refractivity contribution in [2.24, 2.45) is 0 Å². The Kier molecular flexibility index (Phi) is 7.87. The summed E-state index contributed by atoms with van der Waals surface area (Å²) in [7, 11) is 0. The molecule has 39 heavy (non-hydrogen) atoms. The summed E-state index contributed by atoms with van der Waals surface area (Å²) in [4.78, 5) is 36.5. The second-order valence-corrected chi connectivity index (χ2v) is 11.6. The van der Waals surface area contributed by atoms with E-state index in [1.807, 2.05) is 23.5 Å². The Labute approximate surface area is 232 Å². The third-order valence-electron chi connectivity index (χ3n) is 7.74. The maximum Gasteiger partial charge on any atom is 0.254 e. The van der Waals surface area contributed by atoms with Crippen molar-refractivity contribution in [1.29, 1.82) is 0 Å². The molecule has 0 bridgehead atoms. The first kappa shape index (κ1) is 25.9. The van der Waals surface area contributed by atoms with Crippen molar-refractivity contribution in [2.75, 3.05) is 32.8 Å². The van der Waals surface area contributed by atoms with Gasteiger partial charge in [-0.05, 0) is 42.0 Å². The van der Waals surface area contributed by atoms with E-state index in [-0.39, 0.29) is 11.5 Å². The number of aromatic amines is 2. The highest BCUT2D eigenvalue weighted by molar-refractivity contribution is 7.09. The van der Waals surface area contributed by atoms with Crippen molar-refractivity contribution in [3.63, 3.8) is 0 Å². The van der Waals surface area contributed by atoms with E-state index in [1.165, 1.54) is 10.4 Å². The van der Waals surface area contributed by atoms with Gasteiger partial charge in [0.2, 0.25) is 0 Å². The molecular weight excluding hydrogens is 510 g/mol. The summed E-state index contributed by atoms with van der Waals surface area (Å²) in [6.45, 7) is 7.50. The van der Waals surface area contributed by atoms with E-state index in [4.69, 9.17) is 4.74 Å². The molecule has 1 aromatic carbocycles. The fraction of sp³-hybridized carbons (Fsp3) is 0.414. The highest BCUT2D eigenvalue weighted by Crippen LogP contribution is 2.31. The van der Waals surface area contributed by atoms with Crippen LogP contribution in [0.25, 0.3) is 0 Å². The SMILES string of the molecule is O=C(c1ccc(CN2CCOC3(CCN(Cc4cccs4)CC3)C2)cc1)N(Cc1ncc[nH]1)Cc1ncc[nH]1. The van der Waals surface area contributed by atoms with Crippen molar-refractivity contribution in [3.8, 4) is 0 Å². The highest BCUT2D eigenvalue weighted by atomic mass is 32.1. The number of imidazole rings is 2. The maximum atomic E-state index is 13.4. The standard InChI is InChI=1S/C29H35N7O2S/c37-28(36(20-26-30-9-10-31-26)21-27-32-11-12-33-27)24-5-3-23(4-6-24)18-35-15-16-38-29(22-35)7-13-34(14-8-29)19-25-2-1-17-39-25/h1-6,9-12,17H,7-8,13-16,18-22H2,(H,30,31)(H,32,33). The summed E-state index contributed by atoms with van der Waals surface area (Å²) in [5.74, 6) is 1.43. The number of ether oxygens (including phenoxy) is 1. The third kappa shape index (κ3) is 6.47. The second-order valence-electron chi connectivity index (χ2n) is 10.5. The van der Waals surface area contributed by atoms with Crippen LogP contribution in [0.15, 0.2) is 66.6 Å². The average molecular weight is 546 g/mol. The Morgan fingerprint density at radius 3 is 2.28 bits per heavy atom. The Morgan fingerprint density at radius 2 is 1.67 bits per heavy atom. The number of thiophene rings is 1. The molecule has 2 N–H and O–H groups in total. The van der Waals surface area contributed by atoms with Gasteiger partial charge in [0.05, 0.1) is 25.3 Å². The van der Waals surface area contributed by atoms with Gasteiger partial charge in [0.25, 0.3) is 5.91 Å². The van der Waals surface area contributed by atoms with E-state index < -0.39 is 0 Å². The number of rotatable bonds is 9. The lowest BCUT2D eigenvalue weighted by Gasteiger charge is -2.47. The van der Waals surface area contributed by atoms with Crippen LogP contribution in [0.5, 0.6) is 0 Å². The molecule has 6 rings (SSSR count). The zero-order valence-electron chi connectivity index (χ0n) is 22.1. The van der Waals surface area contributed by atoms with Crippen molar-refractivity contribution < 1.29 is 9.53 Å². The lowest BCUT2D eigenvalue weighted by molar-refractivity contribution is -0.138. The number of piperidine rings is 1. The summed E-state index contributed by atoms with van der Waals surface area (Å²) in [6.07, 6.45) is 9.08. The van der Waals surface area contributed by atoms with Gasteiger partial charge in [-0.25, -0.2) is 9.97 Å². The van der Waals surface area contributed by atoms with E-state index in [0.29, 0.717) is 18.7 Å². The molecule has 0 aliphatic carbocycles. The second kappa shape index (κ2) is 11.8. The largest absolute Gasteiger partial charge is 0.372 e. The Hall–Kier alpha value is -3.31. The normalized spacial score (nSPS) is 17.9. The number of hydrogen-bond donors (Lipinski definition) is 2. The van der Waals surface area contributed by atoms with Crippen molar-refractivity contribution in [3.05, 3.63) is 94.2 Å². The van der Waals surface area contributed by atoms with Crippen LogP contribution in [0.3, 0.4) is 0 Å². The number of amides is 1. The molecule has 0 atom stereocenters. The van der Waals surface area contributed by atoms with E-state index in [2.05, 4.69) is 59.4 Å². The Bertz CT molecular complexity index is 1260. The summed E-state index contributed by atoms with van der Waals surface area (Å²) in [5, 5.41) is 2.16. The van der Waals surface area contributed by atoms with Gasteiger partial charge in [0, 0.05) is 74.5 Å². The van der Waals surface area contributed by atoms with Crippen LogP contribution < -0.4 is 0 Å². The fourth-order valence-electron chi connectivity index (χ4n) is 5.63. The summed E-state index contributed by atoms with van der Waals surface area (Å²) in [5.41, 5.74) is 1.83. The maximum absolute atomic E-state index is 13.4. The predicted molar refractivity (Wildman–Crippen MR) is 150 cm³/mol. The molecule has 9 nitrogen and oxygen atoms in total. The number of nitrogens with zero attached hydrogens (tertiary/aromatic N) is 5. The molecule has 0 saturated carbocycles. The van der Waals surface area contributed by atoms with Crippen molar-refractivity contribution in [1.82, 2.24) is 34.6 Å². The monoisotopic (exact) mass is 545 g/mol. The third-order valence-corrected chi connectivity index (χ3v) is 8.60. The topological polar surface area (TPSA) is 93.4 Å². The molecule has 10 heteroatoms. The predicted octanol–water partition coefficient (Wildman–Crippen LogP) is 3.90. The highest BCUT2D eigenvalue weighted by Gasteiger charge is 2.39. The minimum atomic E-state index is -0.0472. The summed E-state index contributed by atoms with van der Waals surface area (Å²) >= 11 is 1.84. The number of carbonyl (C=O) groups excluding carboxylic acids is 1. The number of H-pyrrole nitrogens is 2. The molecule has 4 aromatic rings. The lowest BCUT2D eigenvalue weighted by Crippen LogP contribution is -2.56. The number of carbonyl (C=O) groups is 1.